The Kier molecular flexibility index (Phi) is 6.56. The van der Waals surface area contributed by atoms with Crippen molar-refractivity contribution in [2.45, 2.75) is 38.9 Å². The number of primary amides is 1. The predicted octanol–water partition coefficient (Wildman–Crippen LogP) is 1.57. The van der Waals surface area contributed by atoms with Gasteiger partial charge in [-0.15, -0.1) is 0 Å². The number of sulfonamides is 1. The first kappa shape index (κ1) is 19.0. The van der Waals surface area contributed by atoms with Crippen molar-refractivity contribution in [3.8, 4) is 0 Å². The molecule has 1 amide bonds. The van der Waals surface area contributed by atoms with Crippen molar-refractivity contribution >= 4 is 27.6 Å². The van der Waals surface area contributed by atoms with E-state index in [0.717, 1.165) is 0 Å². The van der Waals surface area contributed by atoms with Crippen LogP contribution in [0.4, 0.5) is 5.69 Å². The van der Waals surface area contributed by atoms with Crippen LogP contribution in [0, 0.1) is 6.92 Å². The van der Waals surface area contributed by atoms with E-state index in [0.29, 0.717) is 17.5 Å². The lowest BCUT2D eigenvalue weighted by Gasteiger charge is -2.17. The topological polar surface area (TPSA) is 116 Å². The van der Waals surface area contributed by atoms with Crippen LogP contribution < -0.4 is 10.5 Å². The summed E-state index contributed by atoms with van der Waals surface area (Å²) in [6.07, 6.45) is 0.677. The molecular weight excluding hydrogens is 320 g/mol. The molecule has 0 spiro atoms. The molecule has 0 aliphatic heterocycles. The summed E-state index contributed by atoms with van der Waals surface area (Å²) in [7, 11) is -3.95. The molecule has 7 nitrogen and oxygen atoms in total. The number of ether oxygens (including phenoxy) is 1. The minimum absolute atomic E-state index is 0.112. The fourth-order valence-electron chi connectivity index (χ4n) is 2.14. The van der Waals surface area contributed by atoms with Gasteiger partial charge in [-0.3, -0.25) is 14.3 Å². The van der Waals surface area contributed by atoms with E-state index in [4.69, 9.17) is 10.5 Å². The third-order valence-electron chi connectivity index (χ3n) is 3.23. The van der Waals surface area contributed by atoms with E-state index in [1.165, 1.54) is 18.2 Å². The van der Waals surface area contributed by atoms with Crippen molar-refractivity contribution in [3.63, 3.8) is 0 Å². The standard InChI is InChI=1S/C15H22N2O5S/c1-4-6-13(15(19)22-5-2)23(20,21)17-11-7-8-12(14(16)18)10(3)9-11/h7-9,13,17H,4-6H2,1-3H3,(H2,16,18). The second kappa shape index (κ2) is 7.96. The van der Waals surface area contributed by atoms with E-state index in [1.54, 1.807) is 20.8 Å². The maximum Gasteiger partial charge on any atom is 0.326 e. The molecule has 1 rings (SSSR count). The largest absolute Gasteiger partial charge is 0.465 e. The molecule has 1 aromatic carbocycles. The second-order valence-corrected chi connectivity index (χ2v) is 6.93. The number of hydrogen-bond donors (Lipinski definition) is 2. The Morgan fingerprint density at radius 2 is 1.96 bits per heavy atom. The summed E-state index contributed by atoms with van der Waals surface area (Å²) in [6, 6.07) is 4.36. The second-order valence-electron chi connectivity index (χ2n) is 5.07. The number of nitrogens with two attached hydrogens (primary N) is 1. The fraction of sp³-hybridized carbons (Fsp3) is 0.467. The van der Waals surface area contributed by atoms with E-state index in [-0.39, 0.29) is 18.7 Å². The first-order valence-electron chi connectivity index (χ1n) is 7.31. The van der Waals surface area contributed by atoms with Crippen molar-refractivity contribution in [3.05, 3.63) is 29.3 Å². The Balaban J connectivity index is 3.06. The summed E-state index contributed by atoms with van der Waals surface area (Å²) >= 11 is 0. The lowest BCUT2D eigenvalue weighted by molar-refractivity contribution is -0.142. The van der Waals surface area contributed by atoms with Gasteiger partial charge in [-0.2, -0.15) is 0 Å². The van der Waals surface area contributed by atoms with Crippen LogP contribution in [0.3, 0.4) is 0 Å². The maximum atomic E-state index is 12.4. The van der Waals surface area contributed by atoms with Gasteiger partial charge in [0.15, 0.2) is 5.25 Å². The van der Waals surface area contributed by atoms with E-state index >= 15 is 0 Å². The van der Waals surface area contributed by atoms with Crippen molar-refractivity contribution < 1.29 is 22.7 Å². The van der Waals surface area contributed by atoms with Gasteiger partial charge in [-0.1, -0.05) is 13.3 Å². The first-order chi connectivity index (χ1) is 10.7. The predicted molar refractivity (Wildman–Crippen MR) is 87.6 cm³/mol. The van der Waals surface area contributed by atoms with Gasteiger partial charge in [0.05, 0.1) is 6.61 Å². The Bertz CT molecular complexity index is 685. The Morgan fingerprint density at radius 1 is 1.30 bits per heavy atom. The van der Waals surface area contributed by atoms with Gasteiger partial charge >= 0.3 is 5.97 Å². The van der Waals surface area contributed by atoms with Crippen LogP contribution >= 0.6 is 0 Å². The zero-order valence-electron chi connectivity index (χ0n) is 13.5. The number of anilines is 1. The molecule has 0 aliphatic rings. The molecular formula is C15H22N2O5S. The maximum absolute atomic E-state index is 12.4. The third-order valence-corrected chi connectivity index (χ3v) is 4.92. The molecule has 0 aliphatic carbocycles. The number of amides is 1. The summed E-state index contributed by atoms with van der Waals surface area (Å²) in [5, 5.41) is -1.27. The van der Waals surface area contributed by atoms with Gasteiger partial charge < -0.3 is 10.5 Å². The zero-order valence-corrected chi connectivity index (χ0v) is 14.3. The molecule has 0 fully saturated rings. The third kappa shape index (κ3) is 4.95. The molecule has 0 saturated heterocycles. The monoisotopic (exact) mass is 342 g/mol. The summed E-state index contributed by atoms with van der Waals surface area (Å²) in [4.78, 5) is 23.1. The number of esters is 1. The smallest absolute Gasteiger partial charge is 0.326 e. The van der Waals surface area contributed by atoms with Crippen molar-refractivity contribution in [2.24, 2.45) is 5.73 Å². The van der Waals surface area contributed by atoms with Crippen LogP contribution in [0.25, 0.3) is 0 Å². The number of carbonyl (C=O) groups is 2. The number of rotatable bonds is 8. The molecule has 0 aromatic heterocycles. The molecule has 0 bridgehead atoms. The Morgan fingerprint density at radius 3 is 2.43 bits per heavy atom. The van der Waals surface area contributed by atoms with Gasteiger partial charge in [-0.05, 0) is 44.0 Å². The van der Waals surface area contributed by atoms with Crippen molar-refractivity contribution in [1.29, 1.82) is 0 Å². The SMILES string of the molecule is CCCC(C(=O)OCC)S(=O)(=O)Nc1ccc(C(N)=O)c(C)c1. The zero-order chi connectivity index (χ0) is 17.6. The molecule has 128 valence electrons. The summed E-state index contributed by atoms with van der Waals surface area (Å²) < 4.78 is 32.1. The Hall–Kier alpha value is -2.09. The van der Waals surface area contributed by atoms with Crippen LogP contribution in [-0.4, -0.2) is 32.2 Å². The number of hydrogen-bond acceptors (Lipinski definition) is 5. The quantitative estimate of drug-likeness (QED) is 0.696. The highest BCUT2D eigenvalue weighted by molar-refractivity contribution is 7.94. The van der Waals surface area contributed by atoms with Crippen LogP contribution in [0.1, 0.15) is 42.6 Å². The van der Waals surface area contributed by atoms with Gasteiger partial charge in [0.1, 0.15) is 0 Å². The highest BCUT2D eigenvalue weighted by Crippen LogP contribution is 2.19. The normalized spacial score (nSPS) is 12.5. The fourth-order valence-corrected chi connectivity index (χ4v) is 3.60. The highest BCUT2D eigenvalue weighted by atomic mass is 32.2. The van der Waals surface area contributed by atoms with Gasteiger partial charge in [0.2, 0.25) is 15.9 Å². The molecule has 0 heterocycles. The average molecular weight is 342 g/mol. The van der Waals surface area contributed by atoms with Gasteiger partial charge in [0, 0.05) is 11.3 Å². The van der Waals surface area contributed by atoms with E-state index in [9.17, 15) is 18.0 Å². The average Bonchev–Trinajstić information content (AvgIpc) is 2.43. The Labute approximate surface area is 136 Å². The highest BCUT2D eigenvalue weighted by Gasteiger charge is 2.33. The lowest BCUT2D eigenvalue weighted by Crippen LogP contribution is -2.36. The molecule has 1 aromatic rings. The van der Waals surface area contributed by atoms with Crippen LogP contribution in [0.15, 0.2) is 18.2 Å². The van der Waals surface area contributed by atoms with Gasteiger partial charge in [0.25, 0.3) is 0 Å². The lowest BCUT2D eigenvalue weighted by atomic mass is 10.1. The van der Waals surface area contributed by atoms with Crippen LogP contribution in [-0.2, 0) is 19.6 Å². The number of aryl methyl sites for hydroxylation is 1. The summed E-state index contributed by atoms with van der Waals surface area (Å²) in [5.41, 5.74) is 6.33. The minimum atomic E-state index is -3.95. The number of carbonyl (C=O) groups excluding carboxylic acids is 2. The van der Waals surface area contributed by atoms with E-state index < -0.39 is 27.1 Å². The van der Waals surface area contributed by atoms with E-state index in [2.05, 4.69) is 4.72 Å². The molecule has 1 unspecified atom stereocenters. The summed E-state index contributed by atoms with van der Waals surface area (Å²) in [5.74, 6) is -1.36. The molecule has 3 N–H and O–H groups in total. The van der Waals surface area contributed by atoms with E-state index in [1.807, 2.05) is 0 Å². The number of benzene rings is 1. The minimum Gasteiger partial charge on any atom is -0.465 e. The number of nitrogens with one attached hydrogen (secondary N) is 1. The van der Waals surface area contributed by atoms with Crippen molar-refractivity contribution in [2.75, 3.05) is 11.3 Å². The molecule has 0 saturated carbocycles. The van der Waals surface area contributed by atoms with Gasteiger partial charge in [-0.25, -0.2) is 8.42 Å². The molecule has 23 heavy (non-hydrogen) atoms. The first-order valence-corrected chi connectivity index (χ1v) is 8.86. The van der Waals surface area contributed by atoms with Crippen molar-refractivity contribution in [1.82, 2.24) is 0 Å². The molecule has 8 heteroatoms. The molecule has 1 atom stereocenters. The summed E-state index contributed by atoms with van der Waals surface area (Å²) in [6.45, 7) is 5.16. The molecule has 0 radical (unpaired) electrons. The van der Waals surface area contributed by atoms with Crippen LogP contribution in [0.5, 0.6) is 0 Å². The van der Waals surface area contributed by atoms with Crippen LogP contribution in [0.2, 0.25) is 0 Å².